The summed E-state index contributed by atoms with van der Waals surface area (Å²) in [4.78, 5) is 41.2. The zero-order chi connectivity index (χ0) is 27.1. The molecule has 0 bridgehead atoms. The van der Waals surface area contributed by atoms with E-state index in [4.69, 9.17) is 4.74 Å². The number of carbonyl (C=O) groups is 3. The highest BCUT2D eigenvalue weighted by Crippen LogP contribution is 2.26. The second-order valence-corrected chi connectivity index (χ2v) is 11.5. The summed E-state index contributed by atoms with van der Waals surface area (Å²) in [6.45, 7) is 18.1. The number of rotatable bonds is 8. The normalized spacial score (nSPS) is 13.4. The van der Waals surface area contributed by atoms with Gasteiger partial charge in [-0.2, -0.15) is 5.26 Å². The number of nitriles is 1. The van der Waals surface area contributed by atoms with Crippen LogP contribution in [-0.4, -0.2) is 46.5 Å². The van der Waals surface area contributed by atoms with Crippen molar-refractivity contribution in [1.29, 1.82) is 5.26 Å². The zero-order valence-corrected chi connectivity index (χ0v) is 22.9. The van der Waals surface area contributed by atoms with E-state index >= 15 is 0 Å². The minimum absolute atomic E-state index is 0.0610. The highest BCUT2D eigenvalue weighted by Gasteiger charge is 2.37. The molecule has 0 saturated carbocycles. The van der Waals surface area contributed by atoms with Crippen LogP contribution < -0.4 is 10.6 Å². The first-order valence-corrected chi connectivity index (χ1v) is 12.0. The molecule has 0 radical (unpaired) electrons. The standard InChI is InChI=1S/C27H42N4O4/c1-17(2)13-21(29-25(34)35-27(8,9)10)24(33)31(12-11-28)22(23(32)30-26(5,6)7)20-15-18(3)14-19(4)16-20/h14-17,21-22H,12-13H2,1-10H3,(H,29,34)(H,30,32). The van der Waals surface area contributed by atoms with E-state index in [0.717, 1.165) is 11.1 Å². The molecule has 0 heterocycles. The summed E-state index contributed by atoms with van der Waals surface area (Å²) >= 11 is 0. The molecule has 3 amide bonds. The van der Waals surface area contributed by atoms with Crippen molar-refractivity contribution in [2.75, 3.05) is 6.54 Å². The van der Waals surface area contributed by atoms with E-state index in [2.05, 4.69) is 10.6 Å². The van der Waals surface area contributed by atoms with Gasteiger partial charge < -0.3 is 20.3 Å². The first kappa shape index (κ1) is 30.0. The molecule has 0 spiro atoms. The molecule has 0 saturated heterocycles. The minimum atomic E-state index is -1.05. The Balaban J connectivity index is 3.54. The summed E-state index contributed by atoms with van der Waals surface area (Å²) < 4.78 is 5.36. The van der Waals surface area contributed by atoms with Crippen LogP contribution in [0.25, 0.3) is 0 Å². The first-order chi connectivity index (χ1) is 15.9. The lowest BCUT2D eigenvalue weighted by atomic mass is 9.96. The third-order valence-electron chi connectivity index (χ3n) is 4.84. The Hall–Kier alpha value is -3.08. The molecule has 1 aromatic rings. The van der Waals surface area contributed by atoms with Crippen LogP contribution in [0.1, 0.15) is 84.5 Å². The Morgan fingerprint density at radius 1 is 1.03 bits per heavy atom. The van der Waals surface area contributed by atoms with Crippen LogP contribution in [0, 0.1) is 31.1 Å². The van der Waals surface area contributed by atoms with Crippen molar-refractivity contribution in [3.63, 3.8) is 0 Å². The highest BCUT2D eigenvalue weighted by molar-refractivity contribution is 5.92. The first-order valence-electron chi connectivity index (χ1n) is 12.0. The predicted octanol–water partition coefficient (Wildman–Crippen LogP) is 4.55. The van der Waals surface area contributed by atoms with Gasteiger partial charge >= 0.3 is 6.09 Å². The van der Waals surface area contributed by atoms with Gasteiger partial charge in [-0.1, -0.05) is 43.2 Å². The Morgan fingerprint density at radius 3 is 2.00 bits per heavy atom. The lowest BCUT2D eigenvalue weighted by Gasteiger charge is -2.35. The molecular weight excluding hydrogens is 444 g/mol. The van der Waals surface area contributed by atoms with Gasteiger partial charge in [0.1, 0.15) is 24.2 Å². The molecule has 0 aromatic heterocycles. The summed E-state index contributed by atoms with van der Waals surface area (Å²) in [7, 11) is 0. The number of hydrogen-bond acceptors (Lipinski definition) is 5. The highest BCUT2D eigenvalue weighted by atomic mass is 16.6. The van der Waals surface area contributed by atoms with Gasteiger partial charge in [-0.3, -0.25) is 9.59 Å². The van der Waals surface area contributed by atoms with Crippen molar-refractivity contribution in [3.05, 3.63) is 34.9 Å². The second kappa shape index (κ2) is 12.1. The molecule has 8 heteroatoms. The molecule has 0 fully saturated rings. The number of nitrogens with one attached hydrogen (secondary N) is 2. The molecule has 2 atom stereocenters. The second-order valence-electron chi connectivity index (χ2n) is 11.5. The van der Waals surface area contributed by atoms with Crippen LogP contribution in [0.2, 0.25) is 0 Å². The number of hydrogen-bond donors (Lipinski definition) is 2. The van der Waals surface area contributed by atoms with Crippen LogP contribution in [0.5, 0.6) is 0 Å². The SMILES string of the molecule is Cc1cc(C)cc(C(C(=O)NC(C)(C)C)N(CC#N)C(=O)C(CC(C)C)NC(=O)OC(C)(C)C)c1. The fourth-order valence-corrected chi connectivity index (χ4v) is 3.79. The fourth-order valence-electron chi connectivity index (χ4n) is 3.79. The number of aryl methyl sites for hydroxylation is 2. The smallest absolute Gasteiger partial charge is 0.408 e. The average molecular weight is 487 g/mol. The van der Waals surface area contributed by atoms with Crippen LogP contribution in [0.4, 0.5) is 4.79 Å². The van der Waals surface area contributed by atoms with E-state index in [1.54, 1.807) is 20.8 Å². The van der Waals surface area contributed by atoms with E-state index in [-0.39, 0.29) is 12.5 Å². The van der Waals surface area contributed by atoms with Crippen LogP contribution >= 0.6 is 0 Å². The van der Waals surface area contributed by atoms with Gasteiger partial charge in [-0.05, 0) is 73.3 Å². The monoisotopic (exact) mass is 486 g/mol. The maximum atomic E-state index is 13.8. The van der Waals surface area contributed by atoms with E-state index in [0.29, 0.717) is 12.0 Å². The summed E-state index contributed by atoms with van der Waals surface area (Å²) in [6.07, 6.45) is -0.406. The zero-order valence-electron chi connectivity index (χ0n) is 22.9. The Morgan fingerprint density at radius 2 is 1.57 bits per heavy atom. The summed E-state index contributed by atoms with van der Waals surface area (Å²) in [6, 6.07) is 5.68. The van der Waals surface area contributed by atoms with Gasteiger partial charge in [0.05, 0.1) is 6.07 Å². The molecular formula is C27H42N4O4. The van der Waals surface area contributed by atoms with Crippen LogP contribution in [0.3, 0.4) is 0 Å². The molecule has 0 aliphatic carbocycles. The summed E-state index contributed by atoms with van der Waals surface area (Å²) in [5.41, 5.74) is 1.18. The topological polar surface area (TPSA) is 112 Å². The van der Waals surface area contributed by atoms with Gasteiger partial charge in [0, 0.05) is 5.54 Å². The molecule has 0 aliphatic rings. The molecule has 8 nitrogen and oxygen atoms in total. The molecule has 35 heavy (non-hydrogen) atoms. The Kier molecular flexibility index (Phi) is 10.3. The summed E-state index contributed by atoms with van der Waals surface area (Å²) in [5, 5.41) is 15.2. The number of amides is 3. The summed E-state index contributed by atoms with van der Waals surface area (Å²) in [5.74, 6) is -0.850. The third-order valence-corrected chi connectivity index (χ3v) is 4.84. The molecule has 2 unspecified atom stereocenters. The van der Waals surface area contributed by atoms with Crippen LogP contribution in [-0.2, 0) is 14.3 Å². The van der Waals surface area contributed by atoms with E-state index in [1.807, 2.05) is 72.7 Å². The number of ether oxygens (including phenoxy) is 1. The van der Waals surface area contributed by atoms with Crippen molar-refractivity contribution < 1.29 is 19.1 Å². The minimum Gasteiger partial charge on any atom is -0.444 e. The number of nitrogens with zero attached hydrogens (tertiary/aromatic N) is 2. The largest absolute Gasteiger partial charge is 0.444 e. The third kappa shape index (κ3) is 10.4. The number of carbonyl (C=O) groups excluding carboxylic acids is 3. The van der Waals surface area contributed by atoms with Crippen molar-refractivity contribution in [2.45, 2.75) is 98.9 Å². The average Bonchev–Trinajstić information content (AvgIpc) is 2.62. The van der Waals surface area contributed by atoms with Gasteiger partial charge in [0.2, 0.25) is 11.8 Å². The van der Waals surface area contributed by atoms with Crippen molar-refractivity contribution in [3.8, 4) is 6.07 Å². The van der Waals surface area contributed by atoms with E-state index in [9.17, 15) is 19.6 Å². The number of benzene rings is 1. The van der Waals surface area contributed by atoms with Crippen molar-refractivity contribution in [2.24, 2.45) is 5.92 Å². The van der Waals surface area contributed by atoms with E-state index in [1.165, 1.54) is 4.90 Å². The van der Waals surface area contributed by atoms with Gasteiger partial charge in [0.25, 0.3) is 0 Å². The fraction of sp³-hybridized carbons (Fsp3) is 0.630. The van der Waals surface area contributed by atoms with Crippen molar-refractivity contribution in [1.82, 2.24) is 15.5 Å². The van der Waals surface area contributed by atoms with Gasteiger partial charge in [-0.15, -0.1) is 0 Å². The van der Waals surface area contributed by atoms with Gasteiger partial charge in [0.15, 0.2) is 0 Å². The quantitative estimate of drug-likeness (QED) is 0.524. The molecule has 2 N–H and O–H groups in total. The Labute approximate surface area is 210 Å². The maximum absolute atomic E-state index is 13.8. The van der Waals surface area contributed by atoms with Gasteiger partial charge in [-0.25, -0.2) is 4.79 Å². The van der Waals surface area contributed by atoms with Crippen molar-refractivity contribution >= 4 is 17.9 Å². The maximum Gasteiger partial charge on any atom is 0.408 e. The lowest BCUT2D eigenvalue weighted by Crippen LogP contribution is -2.55. The Bertz CT molecular complexity index is 931. The molecule has 1 rings (SSSR count). The molecule has 0 aliphatic heterocycles. The number of alkyl carbamates (subject to hydrolysis) is 1. The van der Waals surface area contributed by atoms with Crippen LogP contribution in [0.15, 0.2) is 18.2 Å². The predicted molar refractivity (Wildman–Crippen MR) is 136 cm³/mol. The lowest BCUT2D eigenvalue weighted by molar-refractivity contribution is -0.142. The molecule has 1 aromatic carbocycles. The molecule has 194 valence electrons. The van der Waals surface area contributed by atoms with E-state index < -0.39 is 41.1 Å².